The van der Waals surface area contributed by atoms with E-state index in [1.54, 1.807) is 7.11 Å². The lowest BCUT2D eigenvalue weighted by atomic mass is 10.2. The van der Waals surface area contributed by atoms with Crippen LogP contribution < -0.4 is 0 Å². The smallest absolute Gasteiger partial charge is 0.272 e. The van der Waals surface area contributed by atoms with Crippen LogP contribution in [0.5, 0.6) is 0 Å². The van der Waals surface area contributed by atoms with Crippen molar-refractivity contribution in [3.63, 3.8) is 0 Å². The van der Waals surface area contributed by atoms with E-state index in [2.05, 4.69) is 9.88 Å². The van der Waals surface area contributed by atoms with E-state index in [1.165, 1.54) is 0 Å². The highest BCUT2D eigenvalue weighted by Gasteiger charge is 2.36. The van der Waals surface area contributed by atoms with Crippen molar-refractivity contribution >= 4 is 22.7 Å². The average Bonchev–Trinajstić information content (AvgIpc) is 2.96. The molecule has 0 radical (unpaired) electrons. The number of likely N-dealkylation sites (tertiary alicyclic amines) is 1. The number of benzene rings is 1. The first-order valence-corrected chi connectivity index (χ1v) is 10.3. The summed E-state index contributed by atoms with van der Waals surface area (Å²) in [5.74, 6) is 0.162. The van der Waals surface area contributed by atoms with E-state index >= 15 is 0 Å². The maximum absolute atomic E-state index is 13.0. The third kappa shape index (κ3) is 4.26. The zero-order valence-electron chi connectivity index (χ0n) is 16.9. The third-order valence-corrected chi connectivity index (χ3v) is 5.91. The number of ether oxygens (including phenoxy) is 1. The number of hydrogen-bond acceptors (Lipinski definition) is 5. The highest BCUT2D eigenvalue weighted by molar-refractivity contribution is 5.95. The topological polar surface area (TPSA) is 66.0 Å². The largest absolute Gasteiger partial charge is 0.383 e. The number of methoxy groups -OCH3 is 1. The number of para-hydroxylation sites is 1. The number of amides is 2. The molecular formula is C22H28N4O3. The summed E-state index contributed by atoms with van der Waals surface area (Å²) in [6, 6.07) is 11.5. The monoisotopic (exact) mass is 396 g/mol. The van der Waals surface area contributed by atoms with Crippen LogP contribution in [-0.2, 0) is 9.53 Å². The van der Waals surface area contributed by atoms with Crippen LogP contribution in [0, 0.1) is 0 Å². The summed E-state index contributed by atoms with van der Waals surface area (Å²) in [6.45, 7) is 4.87. The molecule has 1 aromatic carbocycles. The molecule has 2 fully saturated rings. The van der Waals surface area contributed by atoms with Crippen LogP contribution in [0.3, 0.4) is 0 Å². The fraction of sp³-hybridized carbons (Fsp3) is 0.500. The Kier molecular flexibility index (Phi) is 6.06. The molecule has 0 aliphatic carbocycles. The van der Waals surface area contributed by atoms with Gasteiger partial charge in [-0.25, -0.2) is 4.98 Å². The number of nitrogens with zero attached hydrogens (tertiary/aromatic N) is 4. The number of aromatic nitrogens is 1. The maximum atomic E-state index is 13.0. The van der Waals surface area contributed by atoms with Crippen molar-refractivity contribution in [2.24, 2.45) is 0 Å². The predicted octanol–water partition coefficient (Wildman–Crippen LogP) is 1.63. The molecule has 2 aliphatic rings. The molecule has 1 atom stereocenters. The quantitative estimate of drug-likeness (QED) is 0.769. The van der Waals surface area contributed by atoms with Crippen LogP contribution in [0.1, 0.15) is 23.3 Å². The molecule has 0 spiro atoms. The Balaban J connectivity index is 1.39. The Morgan fingerprint density at radius 1 is 1.10 bits per heavy atom. The van der Waals surface area contributed by atoms with Crippen molar-refractivity contribution < 1.29 is 14.3 Å². The van der Waals surface area contributed by atoms with Crippen LogP contribution in [0.2, 0.25) is 0 Å². The van der Waals surface area contributed by atoms with Crippen LogP contribution >= 0.6 is 0 Å². The van der Waals surface area contributed by atoms with Gasteiger partial charge in [0.1, 0.15) is 5.69 Å². The zero-order chi connectivity index (χ0) is 20.2. The van der Waals surface area contributed by atoms with Crippen LogP contribution in [0.15, 0.2) is 36.4 Å². The molecule has 4 rings (SSSR count). The Labute approximate surface area is 171 Å². The fourth-order valence-electron chi connectivity index (χ4n) is 4.28. The minimum absolute atomic E-state index is 0.0305. The molecule has 0 saturated carbocycles. The van der Waals surface area contributed by atoms with Gasteiger partial charge in [0.25, 0.3) is 5.91 Å². The number of fused-ring (bicyclic) bond motifs is 1. The standard InChI is InChI=1S/C22H28N4O3/c1-29-16-15-26-12-9-20(22(26)28)24-10-4-11-25(14-13-24)21(27)19-8-7-17-5-2-3-6-18(17)23-19/h2-3,5-8,20H,4,9-16H2,1H3. The van der Waals surface area contributed by atoms with Gasteiger partial charge in [-0.05, 0) is 25.0 Å². The normalized spacial score (nSPS) is 21.0. The SMILES string of the molecule is COCCN1CCC(N2CCCN(C(=O)c3ccc4ccccc4n3)CC2)C1=O. The Morgan fingerprint density at radius 3 is 2.83 bits per heavy atom. The van der Waals surface area contributed by atoms with Crippen molar-refractivity contribution in [1.29, 1.82) is 0 Å². The maximum Gasteiger partial charge on any atom is 0.272 e. The van der Waals surface area contributed by atoms with E-state index in [9.17, 15) is 9.59 Å². The first-order chi connectivity index (χ1) is 14.2. The molecule has 0 N–H and O–H groups in total. The van der Waals surface area contributed by atoms with Gasteiger partial charge in [-0.15, -0.1) is 0 Å². The lowest BCUT2D eigenvalue weighted by molar-refractivity contribution is -0.132. The molecule has 154 valence electrons. The van der Waals surface area contributed by atoms with Gasteiger partial charge in [0.15, 0.2) is 0 Å². The van der Waals surface area contributed by atoms with Crippen LogP contribution in [0.25, 0.3) is 10.9 Å². The summed E-state index contributed by atoms with van der Waals surface area (Å²) < 4.78 is 5.10. The Hall–Kier alpha value is -2.51. The number of carbonyl (C=O) groups excluding carboxylic acids is 2. The second-order valence-electron chi connectivity index (χ2n) is 7.69. The van der Waals surface area contributed by atoms with Crippen molar-refractivity contribution in [1.82, 2.24) is 19.7 Å². The average molecular weight is 396 g/mol. The van der Waals surface area contributed by atoms with Crippen molar-refractivity contribution in [3.8, 4) is 0 Å². The molecule has 3 heterocycles. The van der Waals surface area contributed by atoms with Crippen LogP contribution in [0.4, 0.5) is 0 Å². The van der Waals surface area contributed by atoms with Gasteiger partial charge in [-0.2, -0.15) is 0 Å². The van der Waals surface area contributed by atoms with Gasteiger partial charge in [-0.3, -0.25) is 14.5 Å². The lowest BCUT2D eigenvalue weighted by Gasteiger charge is -2.26. The first-order valence-electron chi connectivity index (χ1n) is 10.3. The molecule has 7 heteroatoms. The summed E-state index contributed by atoms with van der Waals surface area (Å²) in [7, 11) is 1.66. The summed E-state index contributed by atoms with van der Waals surface area (Å²) in [5, 5.41) is 1.03. The number of carbonyl (C=O) groups is 2. The summed E-state index contributed by atoms with van der Waals surface area (Å²) >= 11 is 0. The molecule has 29 heavy (non-hydrogen) atoms. The molecule has 0 bridgehead atoms. The Morgan fingerprint density at radius 2 is 1.97 bits per heavy atom. The molecular weight excluding hydrogens is 368 g/mol. The third-order valence-electron chi connectivity index (χ3n) is 5.91. The molecule has 2 aromatic rings. The number of hydrogen-bond donors (Lipinski definition) is 0. The lowest BCUT2D eigenvalue weighted by Crippen LogP contribution is -2.44. The minimum Gasteiger partial charge on any atom is -0.383 e. The number of pyridine rings is 1. The van der Waals surface area contributed by atoms with E-state index in [1.807, 2.05) is 46.2 Å². The fourth-order valence-corrected chi connectivity index (χ4v) is 4.28. The van der Waals surface area contributed by atoms with E-state index in [4.69, 9.17) is 4.74 Å². The highest BCUT2D eigenvalue weighted by Crippen LogP contribution is 2.20. The van der Waals surface area contributed by atoms with Gasteiger partial charge in [0.2, 0.25) is 5.91 Å². The summed E-state index contributed by atoms with van der Waals surface area (Å²) in [4.78, 5) is 36.3. The van der Waals surface area contributed by atoms with E-state index in [0.29, 0.717) is 38.5 Å². The molecule has 2 saturated heterocycles. The van der Waals surface area contributed by atoms with Crippen LogP contribution in [-0.4, -0.2) is 90.5 Å². The predicted molar refractivity (Wildman–Crippen MR) is 111 cm³/mol. The van der Waals surface area contributed by atoms with E-state index in [-0.39, 0.29) is 17.9 Å². The highest BCUT2D eigenvalue weighted by atomic mass is 16.5. The first kappa shape index (κ1) is 19.8. The van der Waals surface area contributed by atoms with Gasteiger partial charge in [0.05, 0.1) is 18.2 Å². The Bertz CT molecular complexity index is 887. The minimum atomic E-state index is -0.0688. The summed E-state index contributed by atoms with van der Waals surface area (Å²) in [5.41, 5.74) is 1.32. The molecule has 1 unspecified atom stereocenters. The van der Waals surface area contributed by atoms with E-state index in [0.717, 1.165) is 36.8 Å². The molecule has 2 amide bonds. The van der Waals surface area contributed by atoms with Gasteiger partial charge in [0, 0.05) is 51.8 Å². The second-order valence-corrected chi connectivity index (χ2v) is 7.69. The molecule has 7 nitrogen and oxygen atoms in total. The van der Waals surface area contributed by atoms with Crippen molar-refractivity contribution in [2.75, 3.05) is 53.0 Å². The van der Waals surface area contributed by atoms with Gasteiger partial charge in [-0.1, -0.05) is 24.3 Å². The molecule has 1 aromatic heterocycles. The van der Waals surface area contributed by atoms with Crippen molar-refractivity contribution in [3.05, 3.63) is 42.1 Å². The molecule has 2 aliphatic heterocycles. The van der Waals surface area contributed by atoms with Gasteiger partial charge >= 0.3 is 0 Å². The van der Waals surface area contributed by atoms with Gasteiger partial charge < -0.3 is 14.5 Å². The zero-order valence-corrected chi connectivity index (χ0v) is 16.9. The number of rotatable bonds is 5. The summed E-state index contributed by atoms with van der Waals surface area (Å²) in [6.07, 6.45) is 1.71. The van der Waals surface area contributed by atoms with E-state index < -0.39 is 0 Å². The second kappa shape index (κ2) is 8.88. The van der Waals surface area contributed by atoms with Crippen molar-refractivity contribution in [2.45, 2.75) is 18.9 Å².